The van der Waals surface area contributed by atoms with Crippen molar-refractivity contribution >= 4 is 21.8 Å². The van der Waals surface area contributed by atoms with Gasteiger partial charge < -0.3 is 10.6 Å². The van der Waals surface area contributed by atoms with E-state index < -0.39 is 16.1 Å². The first-order valence-corrected chi connectivity index (χ1v) is 9.35. The van der Waals surface area contributed by atoms with Gasteiger partial charge in [0.05, 0.1) is 12.3 Å². The number of carbonyl (C=O) groups excluding carboxylic acids is 1. The SMILES string of the molecule is CS(=O)(=O)NC(=N)c1ccc(CC(N)C(=O)N2CCCC2)cc1. The Morgan fingerprint density at radius 3 is 2.39 bits per heavy atom. The van der Waals surface area contributed by atoms with E-state index in [9.17, 15) is 13.2 Å². The molecule has 1 amide bonds. The molecule has 0 saturated carbocycles. The van der Waals surface area contributed by atoms with E-state index in [1.165, 1.54) is 0 Å². The summed E-state index contributed by atoms with van der Waals surface area (Å²) in [6.07, 6.45) is 3.48. The Kier molecular flexibility index (Phi) is 5.38. The Hall–Kier alpha value is -1.93. The fraction of sp³-hybridized carbons (Fsp3) is 0.467. The van der Waals surface area contributed by atoms with Gasteiger partial charge >= 0.3 is 0 Å². The van der Waals surface area contributed by atoms with Crippen LogP contribution < -0.4 is 10.5 Å². The number of hydrogen-bond acceptors (Lipinski definition) is 5. The Labute approximate surface area is 136 Å². The standard InChI is InChI=1S/C15H22N4O3S/c1-23(21,22)18-14(17)12-6-4-11(5-7-12)10-13(16)15(20)19-8-2-3-9-19/h4-7,13H,2-3,8-10,16H2,1H3,(H2,17,18). The Balaban J connectivity index is 1.96. The minimum atomic E-state index is -3.47. The largest absolute Gasteiger partial charge is 0.341 e. The molecule has 0 aliphatic carbocycles. The summed E-state index contributed by atoms with van der Waals surface area (Å²) in [7, 11) is -3.47. The number of nitrogens with one attached hydrogen (secondary N) is 2. The summed E-state index contributed by atoms with van der Waals surface area (Å²) in [6, 6.07) is 6.22. The molecule has 1 fully saturated rings. The average molecular weight is 338 g/mol. The van der Waals surface area contributed by atoms with Crippen LogP contribution >= 0.6 is 0 Å². The number of likely N-dealkylation sites (tertiary alicyclic amines) is 1. The Morgan fingerprint density at radius 2 is 1.87 bits per heavy atom. The second-order valence-corrected chi connectivity index (χ2v) is 7.54. The van der Waals surface area contributed by atoms with Crippen LogP contribution in [0.25, 0.3) is 0 Å². The second-order valence-electron chi connectivity index (χ2n) is 5.79. The molecule has 1 saturated heterocycles. The summed E-state index contributed by atoms with van der Waals surface area (Å²) < 4.78 is 24.4. The number of hydrogen-bond donors (Lipinski definition) is 3. The summed E-state index contributed by atoms with van der Waals surface area (Å²) in [4.78, 5) is 14.0. The Morgan fingerprint density at radius 1 is 1.30 bits per heavy atom. The zero-order valence-electron chi connectivity index (χ0n) is 13.1. The number of rotatable bonds is 5. The van der Waals surface area contributed by atoms with Crippen molar-refractivity contribution in [1.82, 2.24) is 9.62 Å². The van der Waals surface area contributed by atoms with Crippen molar-refractivity contribution in [2.45, 2.75) is 25.3 Å². The maximum absolute atomic E-state index is 12.2. The van der Waals surface area contributed by atoms with Crippen LogP contribution in [0, 0.1) is 5.41 Å². The zero-order chi connectivity index (χ0) is 17.0. The molecular weight excluding hydrogens is 316 g/mol. The quantitative estimate of drug-likeness (QED) is 0.519. The van der Waals surface area contributed by atoms with E-state index in [0.29, 0.717) is 12.0 Å². The molecular formula is C15H22N4O3S. The maximum atomic E-state index is 12.2. The number of amidine groups is 1. The highest BCUT2D eigenvalue weighted by molar-refractivity contribution is 7.89. The predicted molar refractivity (Wildman–Crippen MR) is 88.7 cm³/mol. The van der Waals surface area contributed by atoms with Crippen LogP contribution in [-0.4, -0.2) is 50.4 Å². The molecule has 4 N–H and O–H groups in total. The molecule has 1 unspecified atom stereocenters. The van der Waals surface area contributed by atoms with Crippen molar-refractivity contribution in [2.75, 3.05) is 19.3 Å². The smallest absolute Gasteiger partial charge is 0.239 e. The van der Waals surface area contributed by atoms with Gasteiger partial charge in [-0.3, -0.25) is 14.9 Å². The number of amides is 1. The molecule has 8 heteroatoms. The van der Waals surface area contributed by atoms with Crippen molar-refractivity contribution in [1.29, 1.82) is 5.41 Å². The third-order valence-electron chi connectivity index (χ3n) is 3.72. The molecule has 1 aliphatic rings. The molecule has 7 nitrogen and oxygen atoms in total. The number of carbonyl (C=O) groups is 1. The topological polar surface area (TPSA) is 116 Å². The lowest BCUT2D eigenvalue weighted by Gasteiger charge is -2.20. The van der Waals surface area contributed by atoms with Gasteiger partial charge in [-0.1, -0.05) is 24.3 Å². The fourth-order valence-corrected chi connectivity index (χ4v) is 3.05. The molecule has 1 atom stereocenters. The van der Waals surface area contributed by atoms with Crippen LogP contribution in [0.1, 0.15) is 24.0 Å². The van der Waals surface area contributed by atoms with Crippen LogP contribution in [-0.2, 0) is 21.2 Å². The molecule has 0 spiro atoms. The van der Waals surface area contributed by atoms with E-state index in [4.69, 9.17) is 11.1 Å². The van der Waals surface area contributed by atoms with Crippen LogP contribution in [0.4, 0.5) is 0 Å². The highest BCUT2D eigenvalue weighted by atomic mass is 32.2. The molecule has 0 radical (unpaired) electrons. The van der Waals surface area contributed by atoms with Crippen molar-refractivity contribution in [3.05, 3.63) is 35.4 Å². The summed E-state index contributed by atoms with van der Waals surface area (Å²) >= 11 is 0. The number of sulfonamides is 1. The lowest BCUT2D eigenvalue weighted by molar-refractivity contribution is -0.131. The van der Waals surface area contributed by atoms with Gasteiger partial charge in [-0.05, 0) is 24.8 Å². The van der Waals surface area contributed by atoms with Gasteiger partial charge in [0.1, 0.15) is 5.84 Å². The third kappa shape index (κ3) is 5.04. The van der Waals surface area contributed by atoms with Crippen molar-refractivity contribution < 1.29 is 13.2 Å². The highest BCUT2D eigenvalue weighted by Crippen LogP contribution is 2.12. The van der Waals surface area contributed by atoms with Crippen LogP contribution in [0.2, 0.25) is 0 Å². The normalized spacial score (nSPS) is 16.2. The van der Waals surface area contributed by atoms with E-state index in [2.05, 4.69) is 4.72 Å². The summed E-state index contributed by atoms with van der Waals surface area (Å²) in [5.41, 5.74) is 7.32. The highest BCUT2D eigenvalue weighted by Gasteiger charge is 2.23. The molecule has 0 aromatic heterocycles. The molecule has 1 aliphatic heterocycles. The van der Waals surface area contributed by atoms with E-state index in [1.54, 1.807) is 29.2 Å². The van der Waals surface area contributed by atoms with Crippen LogP contribution in [0.15, 0.2) is 24.3 Å². The molecule has 23 heavy (non-hydrogen) atoms. The lowest BCUT2D eigenvalue weighted by Crippen LogP contribution is -2.43. The number of benzene rings is 1. The van der Waals surface area contributed by atoms with Crippen molar-refractivity contribution in [3.8, 4) is 0 Å². The van der Waals surface area contributed by atoms with Gasteiger partial charge in [-0.2, -0.15) is 0 Å². The predicted octanol–water partition coefficient (Wildman–Crippen LogP) is 0.0534. The number of nitrogens with zero attached hydrogens (tertiary/aromatic N) is 1. The maximum Gasteiger partial charge on any atom is 0.239 e. The molecule has 2 rings (SSSR count). The van der Waals surface area contributed by atoms with E-state index in [0.717, 1.165) is 37.8 Å². The molecule has 126 valence electrons. The molecule has 0 bridgehead atoms. The van der Waals surface area contributed by atoms with Crippen molar-refractivity contribution in [2.24, 2.45) is 5.73 Å². The monoisotopic (exact) mass is 338 g/mol. The van der Waals surface area contributed by atoms with Gasteiger partial charge in [0.25, 0.3) is 0 Å². The van der Waals surface area contributed by atoms with Gasteiger partial charge in [-0.25, -0.2) is 8.42 Å². The number of nitrogens with two attached hydrogens (primary N) is 1. The first kappa shape index (κ1) is 17.4. The van der Waals surface area contributed by atoms with Gasteiger partial charge in [-0.15, -0.1) is 0 Å². The van der Waals surface area contributed by atoms with Crippen LogP contribution in [0.5, 0.6) is 0 Å². The molecule has 1 heterocycles. The summed E-state index contributed by atoms with van der Waals surface area (Å²) in [5.74, 6) is -0.213. The van der Waals surface area contributed by atoms with Crippen LogP contribution in [0.3, 0.4) is 0 Å². The zero-order valence-corrected chi connectivity index (χ0v) is 13.9. The third-order valence-corrected chi connectivity index (χ3v) is 4.30. The van der Waals surface area contributed by atoms with Gasteiger partial charge in [0.15, 0.2) is 0 Å². The first-order valence-electron chi connectivity index (χ1n) is 7.46. The fourth-order valence-electron chi connectivity index (χ4n) is 2.57. The minimum Gasteiger partial charge on any atom is -0.341 e. The molecule has 1 aromatic carbocycles. The first-order chi connectivity index (χ1) is 10.8. The van der Waals surface area contributed by atoms with E-state index in [1.807, 2.05) is 0 Å². The van der Waals surface area contributed by atoms with Crippen molar-refractivity contribution in [3.63, 3.8) is 0 Å². The van der Waals surface area contributed by atoms with E-state index >= 15 is 0 Å². The molecule has 1 aromatic rings. The second kappa shape index (κ2) is 7.10. The van der Waals surface area contributed by atoms with Gasteiger partial charge in [0, 0.05) is 18.7 Å². The average Bonchev–Trinajstić information content (AvgIpc) is 2.99. The summed E-state index contributed by atoms with van der Waals surface area (Å²) in [6.45, 7) is 1.56. The lowest BCUT2D eigenvalue weighted by atomic mass is 10.0. The van der Waals surface area contributed by atoms with Gasteiger partial charge in [0.2, 0.25) is 15.9 Å². The minimum absolute atomic E-state index is 0.0296. The Bertz CT molecular complexity index is 679. The summed E-state index contributed by atoms with van der Waals surface area (Å²) in [5, 5.41) is 7.70. The van der Waals surface area contributed by atoms with E-state index in [-0.39, 0.29) is 11.7 Å².